The summed E-state index contributed by atoms with van der Waals surface area (Å²) in [7, 11) is 1.61. The van der Waals surface area contributed by atoms with Crippen LogP contribution in [0.5, 0.6) is 5.75 Å². The topological polar surface area (TPSA) is 63.7 Å². The third-order valence-electron chi connectivity index (χ3n) is 3.14. The Labute approximate surface area is 124 Å². The van der Waals surface area contributed by atoms with E-state index in [-0.39, 0.29) is 30.4 Å². The lowest BCUT2D eigenvalue weighted by atomic mass is 10.1. The van der Waals surface area contributed by atoms with Crippen molar-refractivity contribution < 1.29 is 19.1 Å². The van der Waals surface area contributed by atoms with Gasteiger partial charge in [-0.25, -0.2) is 0 Å². The van der Waals surface area contributed by atoms with Crippen LogP contribution in [-0.4, -0.2) is 24.7 Å². The molecule has 1 rings (SSSR count). The molecule has 0 aliphatic carbocycles. The van der Waals surface area contributed by atoms with Crippen LogP contribution in [0.1, 0.15) is 33.6 Å². The highest BCUT2D eigenvalue weighted by molar-refractivity contribution is 5.93. The van der Waals surface area contributed by atoms with Crippen molar-refractivity contribution in [2.24, 2.45) is 5.92 Å². The van der Waals surface area contributed by atoms with E-state index in [2.05, 4.69) is 0 Å². The van der Waals surface area contributed by atoms with Gasteiger partial charge in [-0.1, -0.05) is 26.0 Å². The number of ketones is 1. The predicted molar refractivity (Wildman–Crippen MR) is 80.2 cm³/mol. The normalized spacial score (nSPS) is 10.3. The number of rotatable bonds is 6. The Bertz CT molecular complexity index is 537. The summed E-state index contributed by atoms with van der Waals surface area (Å²) in [6.07, 6.45) is 0.205. The molecule has 1 aromatic rings. The monoisotopic (exact) mass is 291 g/mol. The molecule has 0 aliphatic heterocycles. The fraction of sp³-hybridized carbons (Fsp3) is 0.438. The highest BCUT2D eigenvalue weighted by Crippen LogP contribution is 2.27. The molecule has 5 nitrogen and oxygen atoms in total. The molecule has 1 amide bonds. The van der Waals surface area contributed by atoms with Crippen molar-refractivity contribution in [3.8, 4) is 5.75 Å². The minimum atomic E-state index is -0.478. The van der Waals surface area contributed by atoms with E-state index in [4.69, 9.17) is 4.74 Å². The first-order valence-corrected chi connectivity index (χ1v) is 6.89. The van der Waals surface area contributed by atoms with Crippen LogP contribution in [0.15, 0.2) is 24.3 Å². The van der Waals surface area contributed by atoms with Crippen LogP contribution in [-0.2, 0) is 14.4 Å². The number of benzene rings is 1. The Morgan fingerprint density at radius 1 is 1.14 bits per heavy atom. The number of nitrogens with zero attached hydrogens (tertiary/aromatic N) is 1. The zero-order valence-electron chi connectivity index (χ0n) is 12.9. The van der Waals surface area contributed by atoms with Gasteiger partial charge in [0.25, 0.3) is 0 Å². The van der Waals surface area contributed by atoms with Crippen LogP contribution in [0.2, 0.25) is 0 Å². The van der Waals surface area contributed by atoms with Gasteiger partial charge in [0.1, 0.15) is 5.78 Å². The summed E-state index contributed by atoms with van der Waals surface area (Å²) in [6.45, 7) is 5.02. The summed E-state index contributed by atoms with van der Waals surface area (Å²) < 4.78 is 5.26. The number of para-hydroxylation sites is 2. The smallest absolute Gasteiger partial charge is 0.311 e. The third-order valence-corrected chi connectivity index (χ3v) is 3.14. The fourth-order valence-electron chi connectivity index (χ4n) is 1.68. The van der Waals surface area contributed by atoms with Crippen LogP contribution >= 0.6 is 0 Å². The number of anilines is 1. The fourth-order valence-corrected chi connectivity index (χ4v) is 1.68. The van der Waals surface area contributed by atoms with Gasteiger partial charge >= 0.3 is 5.97 Å². The molecule has 0 spiro atoms. The molecule has 0 N–H and O–H groups in total. The van der Waals surface area contributed by atoms with E-state index in [1.807, 2.05) is 0 Å². The van der Waals surface area contributed by atoms with E-state index >= 15 is 0 Å². The molecule has 0 aliphatic rings. The lowest BCUT2D eigenvalue weighted by molar-refractivity contribution is -0.136. The first kappa shape index (κ1) is 16.9. The van der Waals surface area contributed by atoms with Crippen LogP contribution in [0, 0.1) is 5.92 Å². The van der Waals surface area contributed by atoms with E-state index in [0.29, 0.717) is 11.4 Å². The van der Waals surface area contributed by atoms with Gasteiger partial charge in [0.05, 0.1) is 12.1 Å². The van der Waals surface area contributed by atoms with Crippen molar-refractivity contribution in [2.45, 2.75) is 33.6 Å². The summed E-state index contributed by atoms with van der Waals surface area (Å²) in [4.78, 5) is 36.1. The maximum atomic E-state index is 11.8. The van der Waals surface area contributed by atoms with Crippen molar-refractivity contribution in [2.75, 3.05) is 11.9 Å². The lowest BCUT2D eigenvalue weighted by Gasteiger charge is -2.18. The Morgan fingerprint density at radius 3 is 2.33 bits per heavy atom. The standard InChI is InChI=1S/C16H21NO4/c1-11(2)14(19)9-10-16(20)21-15-8-6-5-7-13(15)17(4)12(3)18/h5-8,11H,9-10H2,1-4H3. The van der Waals surface area contributed by atoms with E-state index in [1.165, 1.54) is 11.8 Å². The van der Waals surface area contributed by atoms with Crippen LogP contribution < -0.4 is 9.64 Å². The molecular weight excluding hydrogens is 270 g/mol. The molecule has 1 aromatic carbocycles. The van der Waals surface area contributed by atoms with Gasteiger partial charge in [-0.05, 0) is 12.1 Å². The molecule has 0 atom stereocenters. The van der Waals surface area contributed by atoms with Gasteiger partial charge < -0.3 is 9.64 Å². The van der Waals surface area contributed by atoms with Crippen LogP contribution in [0.25, 0.3) is 0 Å². The zero-order valence-corrected chi connectivity index (χ0v) is 12.9. The van der Waals surface area contributed by atoms with E-state index in [1.54, 1.807) is 45.2 Å². The summed E-state index contributed by atoms with van der Waals surface area (Å²) in [5.41, 5.74) is 0.522. The molecule has 21 heavy (non-hydrogen) atoms. The SMILES string of the molecule is CC(=O)N(C)c1ccccc1OC(=O)CCC(=O)C(C)C. The number of carbonyl (C=O) groups excluding carboxylic acids is 3. The van der Waals surface area contributed by atoms with Crippen LogP contribution in [0.4, 0.5) is 5.69 Å². The van der Waals surface area contributed by atoms with Gasteiger partial charge in [0.2, 0.25) is 5.91 Å². The minimum Gasteiger partial charge on any atom is -0.424 e. The largest absolute Gasteiger partial charge is 0.424 e. The summed E-state index contributed by atoms with van der Waals surface area (Å²) in [5, 5.41) is 0. The highest BCUT2D eigenvalue weighted by atomic mass is 16.5. The summed E-state index contributed by atoms with van der Waals surface area (Å²) >= 11 is 0. The predicted octanol–water partition coefficient (Wildman–Crippen LogP) is 2.58. The van der Waals surface area contributed by atoms with E-state index < -0.39 is 5.97 Å². The highest BCUT2D eigenvalue weighted by Gasteiger charge is 2.16. The molecule has 114 valence electrons. The van der Waals surface area contributed by atoms with Crippen molar-refractivity contribution in [1.29, 1.82) is 0 Å². The average molecular weight is 291 g/mol. The van der Waals surface area contributed by atoms with Crippen molar-refractivity contribution >= 4 is 23.3 Å². The number of hydrogen-bond donors (Lipinski definition) is 0. The van der Waals surface area contributed by atoms with Gasteiger partial charge in [0.15, 0.2) is 5.75 Å². The second kappa shape index (κ2) is 7.57. The molecule has 0 saturated heterocycles. The van der Waals surface area contributed by atoms with E-state index in [9.17, 15) is 14.4 Å². The number of carbonyl (C=O) groups is 3. The van der Waals surface area contributed by atoms with Crippen molar-refractivity contribution in [1.82, 2.24) is 0 Å². The molecule has 0 fully saturated rings. The molecule has 0 bridgehead atoms. The maximum absolute atomic E-state index is 11.8. The quantitative estimate of drug-likeness (QED) is 0.597. The number of ether oxygens (including phenoxy) is 1. The molecule has 0 saturated carbocycles. The number of Topliss-reactive ketones (excluding diaryl/α,β-unsaturated/α-hetero) is 1. The maximum Gasteiger partial charge on any atom is 0.311 e. The Morgan fingerprint density at radius 2 is 1.76 bits per heavy atom. The van der Waals surface area contributed by atoms with Gasteiger partial charge in [-0.15, -0.1) is 0 Å². The number of hydrogen-bond acceptors (Lipinski definition) is 4. The molecular formula is C16H21NO4. The summed E-state index contributed by atoms with van der Waals surface area (Å²) in [5.74, 6) is -0.380. The molecule has 0 heterocycles. The Kier molecular flexibility index (Phi) is 6.09. The van der Waals surface area contributed by atoms with Gasteiger partial charge in [-0.3, -0.25) is 14.4 Å². The second-order valence-electron chi connectivity index (χ2n) is 5.14. The molecule has 0 radical (unpaired) electrons. The van der Waals surface area contributed by atoms with Gasteiger partial charge in [0, 0.05) is 26.3 Å². The molecule has 0 unspecified atom stereocenters. The second-order valence-corrected chi connectivity index (χ2v) is 5.14. The van der Waals surface area contributed by atoms with Crippen molar-refractivity contribution in [3.05, 3.63) is 24.3 Å². The molecule has 0 aromatic heterocycles. The first-order chi connectivity index (χ1) is 9.82. The van der Waals surface area contributed by atoms with E-state index in [0.717, 1.165) is 0 Å². The first-order valence-electron chi connectivity index (χ1n) is 6.89. The number of esters is 1. The average Bonchev–Trinajstić information content (AvgIpc) is 2.44. The number of amides is 1. The third kappa shape index (κ3) is 5.02. The van der Waals surface area contributed by atoms with Crippen molar-refractivity contribution in [3.63, 3.8) is 0 Å². The Hall–Kier alpha value is -2.17. The van der Waals surface area contributed by atoms with Crippen LogP contribution in [0.3, 0.4) is 0 Å². The lowest BCUT2D eigenvalue weighted by Crippen LogP contribution is -2.24. The molecule has 5 heteroatoms. The summed E-state index contributed by atoms with van der Waals surface area (Å²) in [6, 6.07) is 6.80. The minimum absolute atomic E-state index is 0.0288. The zero-order chi connectivity index (χ0) is 16.0. The Balaban J connectivity index is 2.73. The van der Waals surface area contributed by atoms with Gasteiger partial charge in [-0.2, -0.15) is 0 Å².